The van der Waals surface area contributed by atoms with Gasteiger partial charge in [-0.1, -0.05) is 139 Å². The van der Waals surface area contributed by atoms with Gasteiger partial charge < -0.3 is 19.8 Å². The fourth-order valence-electron chi connectivity index (χ4n) is 6.33. The molecule has 0 aliphatic heterocycles. The summed E-state index contributed by atoms with van der Waals surface area (Å²) < 4.78 is 59.3. The molecule has 14 heteroatoms. The summed E-state index contributed by atoms with van der Waals surface area (Å²) in [7, 11) is -1.29. The number of hydrogen-bond donors (Lipinski definition) is 2. The number of nitrogens with one attached hydrogen (secondary N) is 1. The zero-order valence-corrected chi connectivity index (χ0v) is 34.7. The molecule has 0 saturated heterocycles. The second-order valence-corrected chi connectivity index (χ2v) is 15.4. The minimum Gasteiger partial charge on any atom is -0.464 e. The zero-order chi connectivity index (χ0) is 41.0. The highest BCUT2D eigenvalue weighted by molar-refractivity contribution is 7.36. The normalized spacial score (nSPS) is 13.9. The van der Waals surface area contributed by atoms with Crippen LogP contribution in [0.15, 0.2) is 29.9 Å². The Bertz CT molecular complexity index is 1620. The Morgan fingerprint density at radius 2 is 1.57 bits per heavy atom. The van der Waals surface area contributed by atoms with Crippen molar-refractivity contribution in [1.82, 2.24) is 24.6 Å². The molecule has 0 amide bonds. The van der Waals surface area contributed by atoms with E-state index < -0.39 is 37.7 Å². The summed E-state index contributed by atoms with van der Waals surface area (Å²) in [5.74, 6) is 3.25. The first-order chi connectivity index (χ1) is 27.1. The Hall–Kier alpha value is -3.74. The van der Waals surface area contributed by atoms with E-state index in [-0.39, 0.29) is 49.6 Å². The second kappa shape index (κ2) is 28.6. The predicted octanol–water partition coefficient (Wildman–Crippen LogP) is 10.00. The van der Waals surface area contributed by atoms with Gasteiger partial charge in [-0.25, -0.2) is 9.37 Å². The van der Waals surface area contributed by atoms with Crippen molar-refractivity contribution in [2.45, 2.75) is 160 Å². The lowest BCUT2D eigenvalue weighted by Crippen LogP contribution is -2.38. The van der Waals surface area contributed by atoms with Crippen LogP contribution in [0.4, 0.5) is 14.6 Å². The number of unbranched alkanes of at least 4 members (excludes halogenated alkanes) is 17. The number of hydrogen-bond acceptors (Lipinski definition) is 9. The first-order valence-electron chi connectivity index (χ1n) is 20.3. The number of rotatable bonds is 32. The standard InChI is InChI=1S/C42H64F2N6O5P/c1-6-9-10-11-12-13-14-15-16-17-18-19-20-21-22-23-24-25-29-54-40(51)36(31-34(4)30-35(43)26-7-2)49-56(52)55-32-42(8-3,53-5)27-28-50-33-46-37-38(45)47-41(44)48-39(37)50/h2-3,26,30,33,36H,6,9-25,27-29,31-32H2,1,4-5H3,(H,49,52)(H2,45,47,48)/q+1/b34-30+,35-26+/t36-,42-/m0/s1. The first-order valence-corrected chi connectivity index (χ1v) is 21.4. The molecule has 0 spiro atoms. The molecule has 0 radical (unpaired) electrons. The molecule has 0 fully saturated rings. The van der Waals surface area contributed by atoms with Gasteiger partial charge in [0.1, 0.15) is 18.0 Å². The number of nitrogens with zero attached hydrogens (tertiary/aromatic N) is 4. The molecular weight excluding hydrogens is 737 g/mol. The van der Waals surface area contributed by atoms with E-state index in [1.807, 2.05) is 0 Å². The number of halogens is 2. The lowest BCUT2D eigenvalue weighted by Gasteiger charge is -2.24. The van der Waals surface area contributed by atoms with Gasteiger partial charge in [0.15, 0.2) is 23.1 Å². The van der Waals surface area contributed by atoms with Gasteiger partial charge in [-0.05, 0) is 30.4 Å². The third-order valence-electron chi connectivity index (χ3n) is 9.71. The van der Waals surface area contributed by atoms with Gasteiger partial charge in [-0.15, -0.1) is 17.4 Å². The van der Waals surface area contributed by atoms with Gasteiger partial charge in [0.25, 0.3) is 0 Å². The van der Waals surface area contributed by atoms with Crippen LogP contribution >= 0.6 is 8.18 Å². The Morgan fingerprint density at radius 3 is 2.11 bits per heavy atom. The number of nitrogen functional groups attached to an aromatic ring is 1. The fraction of sp³-hybridized carbons (Fsp3) is 0.667. The SMILES string of the molecule is C#C/C=C(F)\C=C(/C)C[C@H](N[P+](=O)OC[C@](C#C)(CCn1cnc2c(N)nc(F)nc21)OC)C(=O)OCCCCCCCCCCCCCCCCCCCC. The Kier molecular flexibility index (Phi) is 24.7. The monoisotopic (exact) mass is 801 g/mol. The number of methoxy groups -OCH3 is 1. The third kappa shape index (κ3) is 19.4. The van der Waals surface area contributed by atoms with E-state index in [4.69, 9.17) is 32.6 Å². The van der Waals surface area contributed by atoms with E-state index in [9.17, 15) is 18.1 Å². The van der Waals surface area contributed by atoms with Gasteiger partial charge in [0.2, 0.25) is 0 Å². The molecule has 0 saturated carbocycles. The smallest absolute Gasteiger partial charge is 0.464 e. The van der Waals surface area contributed by atoms with Crippen molar-refractivity contribution in [3.05, 3.63) is 36.0 Å². The molecule has 3 N–H and O–H groups in total. The molecule has 56 heavy (non-hydrogen) atoms. The molecule has 2 rings (SSSR count). The predicted molar refractivity (Wildman–Crippen MR) is 220 cm³/mol. The van der Waals surface area contributed by atoms with E-state index in [0.717, 1.165) is 25.3 Å². The molecule has 2 heterocycles. The molecule has 0 aliphatic carbocycles. The Morgan fingerprint density at radius 1 is 1.00 bits per heavy atom. The zero-order valence-electron chi connectivity index (χ0n) is 33.8. The van der Waals surface area contributed by atoms with Crippen molar-refractivity contribution >= 4 is 31.1 Å². The van der Waals surface area contributed by atoms with Gasteiger partial charge in [-0.2, -0.15) is 14.4 Å². The molecule has 3 atom stereocenters. The van der Waals surface area contributed by atoms with Crippen molar-refractivity contribution in [2.75, 3.05) is 26.1 Å². The van der Waals surface area contributed by atoms with E-state index >= 15 is 0 Å². The average molecular weight is 802 g/mol. The lowest BCUT2D eigenvalue weighted by atomic mass is 10.0. The van der Waals surface area contributed by atoms with Crippen LogP contribution in [0.25, 0.3) is 11.2 Å². The molecule has 2 aromatic heterocycles. The number of nitrogens with two attached hydrogens (primary N) is 1. The number of ether oxygens (including phenoxy) is 2. The summed E-state index contributed by atoms with van der Waals surface area (Å²) in [5.41, 5.74) is 5.27. The highest BCUT2D eigenvalue weighted by atomic mass is 31.1. The summed E-state index contributed by atoms with van der Waals surface area (Å²) in [4.78, 5) is 24.5. The van der Waals surface area contributed by atoms with Crippen molar-refractivity contribution in [3.8, 4) is 24.7 Å². The van der Waals surface area contributed by atoms with Crippen LogP contribution in [0.1, 0.15) is 142 Å². The molecule has 310 valence electrons. The highest BCUT2D eigenvalue weighted by Gasteiger charge is 2.37. The Balaban J connectivity index is 1.77. The molecule has 11 nitrogen and oxygen atoms in total. The summed E-state index contributed by atoms with van der Waals surface area (Å²) in [5, 5.41) is 2.67. The Labute approximate surface area is 334 Å². The second-order valence-electron chi connectivity index (χ2n) is 14.4. The number of terminal acetylenes is 2. The van der Waals surface area contributed by atoms with Gasteiger partial charge in [0, 0.05) is 26.2 Å². The molecular formula is C42H64F2N6O5P+. The van der Waals surface area contributed by atoms with Crippen molar-refractivity contribution in [1.29, 1.82) is 0 Å². The van der Waals surface area contributed by atoms with Crippen LogP contribution < -0.4 is 10.8 Å². The van der Waals surface area contributed by atoms with E-state index in [1.165, 1.54) is 114 Å². The number of aryl methyl sites for hydroxylation is 1. The van der Waals surface area contributed by atoms with E-state index in [0.29, 0.717) is 12.0 Å². The molecule has 2 aromatic rings. The number of imidazole rings is 1. The van der Waals surface area contributed by atoms with E-state index in [1.54, 1.807) is 6.92 Å². The van der Waals surface area contributed by atoms with Crippen molar-refractivity contribution in [3.63, 3.8) is 0 Å². The summed E-state index contributed by atoms with van der Waals surface area (Å²) in [6.45, 7) is 3.93. The number of aromatic nitrogens is 4. The maximum atomic E-state index is 14.1. The maximum Gasteiger partial charge on any atom is 0.614 e. The minimum atomic E-state index is -2.67. The maximum absolute atomic E-state index is 14.1. The number of carbonyl (C=O) groups excluding carboxylic acids is 1. The summed E-state index contributed by atoms with van der Waals surface area (Å²) >= 11 is 0. The molecule has 1 unspecified atom stereocenters. The number of carbonyl (C=O) groups is 1. The van der Waals surface area contributed by atoms with Crippen LogP contribution in [0.2, 0.25) is 0 Å². The van der Waals surface area contributed by atoms with Gasteiger partial charge >= 0.3 is 20.2 Å². The largest absolute Gasteiger partial charge is 0.614 e. The van der Waals surface area contributed by atoms with Crippen LogP contribution in [-0.2, 0) is 29.9 Å². The number of anilines is 1. The minimum absolute atomic E-state index is 0.0198. The molecule has 0 bridgehead atoms. The van der Waals surface area contributed by atoms with Crippen molar-refractivity contribution in [2.24, 2.45) is 0 Å². The quantitative estimate of drug-likeness (QED) is 0.0183. The fourth-order valence-corrected chi connectivity index (χ4v) is 7.18. The number of esters is 1. The highest BCUT2D eigenvalue weighted by Crippen LogP contribution is 2.27. The van der Waals surface area contributed by atoms with E-state index in [2.05, 4.69) is 38.8 Å². The van der Waals surface area contributed by atoms with Crippen LogP contribution in [0.5, 0.6) is 0 Å². The van der Waals surface area contributed by atoms with Crippen LogP contribution in [0.3, 0.4) is 0 Å². The van der Waals surface area contributed by atoms with Crippen LogP contribution in [0, 0.1) is 30.8 Å². The number of fused-ring (bicyclic) bond motifs is 1. The average Bonchev–Trinajstić information content (AvgIpc) is 3.58. The third-order valence-corrected chi connectivity index (χ3v) is 10.6. The van der Waals surface area contributed by atoms with Crippen LogP contribution in [-0.4, -0.2) is 57.5 Å². The topological polar surface area (TPSA) is 143 Å². The van der Waals surface area contributed by atoms with Gasteiger partial charge in [0.05, 0.1) is 12.9 Å². The lowest BCUT2D eigenvalue weighted by molar-refractivity contribution is -0.145. The molecule has 0 aromatic carbocycles. The van der Waals surface area contributed by atoms with Crippen molar-refractivity contribution < 1.29 is 32.1 Å². The first kappa shape index (κ1) is 48.4. The molecule has 0 aliphatic rings. The summed E-state index contributed by atoms with van der Waals surface area (Å²) in [6.07, 6.45) is 36.3. The summed E-state index contributed by atoms with van der Waals surface area (Å²) in [6, 6.07) is -1.11. The van der Waals surface area contributed by atoms with Gasteiger partial charge in [-0.3, -0.25) is 4.79 Å². The number of allylic oxidation sites excluding steroid dienone is 3.